The maximum Gasteiger partial charge on any atom is 0.417 e. The van der Waals surface area contributed by atoms with Crippen molar-refractivity contribution in [3.8, 4) is 11.3 Å². The van der Waals surface area contributed by atoms with Crippen LogP contribution < -0.4 is 0 Å². The summed E-state index contributed by atoms with van der Waals surface area (Å²) < 4.78 is 37.4. The minimum absolute atomic E-state index is 0.0477. The lowest BCUT2D eigenvalue weighted by Crippen LogP contribution is -2.10. The average Bonchev–Trinajstić information content (AvgIpc) is 2.37. The fraction of sp³-hybridized carbons (Fsp3) is 0.312. The molecule has 0 aliphatic carbocycles. The fourth-order valence-corrected chi connectivity index (χ4v) is 1.87. The molecule has 0 amide bonds. The largest absolute Gasteiger partial charge is 0.417 e. The van der Waals surface area contributed by atoms with Gasteiger partial charge < -0.3 is 0 Å². The monoisotopic (exact) mass is 279 g/mol. The molecule has 2 aromatic rings. The minimum atomic E-state index is -4.35. The fourth-order valence-electron chi connectivity index (χ4n) is 1.87. The Labute approximate surface area is 116 Å². The summed E-state index contributed by atoms with van der Waals surface area (Å²) in [6, 6.07) is 10.2. The van der Waals surface area contributed by atoms with Crippen LogP contribution in [0.15, 0.2) is 42.6 Å². The zero-order valence-electron chi connectivity index (χ0n) is 11.6. The zero-order valence-corrected chi connectivity index (χ0v) is 11.6. The molecular weight excluding hydrogens is 263 g/mol. The lowest BCUT2D eigenvalue weighted by molar-refractivity contribution is -0.137. The molecule has 0 unspecified atom stereocenters. The van der Waals surface area contributed by atoms with Crippen molar-refractivity contribution in [2.75, 3.05) is 0 Å². The molecule has 106 valence electrons. The molecule has 0 saturated carbocycles. The summed E-state index contributed by atoms with van der Waals surface area (Å²) >= 11 is 0. The van der Waals surface area contributed by atoms with E-state index in [4.69, 9.17) is 0 Å². The summed E-state index contributed by atoms with van der Waals surface area (Å²) in [5.41, 5.74) is 1.84. The van der Waals surface area contributed by atoms with Crippen LogP contribution in [0.1, 0.15) is 31.9 Å². The highest BCUT2D eigenvalue weighted by Gasteiger charge is 2.30. The predicted molar refractivity (Wildman–Crippen MR) is 73.4 cm³/mol. The maximum atomic E-state index is 12.5. The molecule has 1 aromatic carbocycles. The normalized spacial score (nSPS) is 12.5. The molecule has 0 N–H and O–H groups in total. The van der Waals surface area contributed by atoms with Crippen molar-refractivity contribution < 1.29 is 13.2 Å². The van der Waals surface area contributed by atoms with Crippen molar-refractivity contribution in [1.29, 1.82) is 0 Å². The first-order chi connectivity index (χ1) is 9.18. The highest BCUT2D eigenvalue weighted by atomic mass is 19.4. The predicted octanol–water partition coefficient (Wildman–Crippen LogP) is 5.06. The molecule has 1 heterocycles. The summed E-state index contributed by atoms with van der Waals surface area (Å²) in [7, 11) is 0. The molecule has 0 spiro atoms. The molecule has 1 aromatic heterocycles. The van der Waals surface area contributed by atoms with Gasteiger partial charge in [0.1, 0.15) is 0 Å². The Kier molecular flexibility index (Phi) is 3.59. The number of rotatable bonds is 1. The SMILES string of the molecule is CC(C)(C)c1ccc(-c2ccc(C(F)(F)F)cn2)cc1. The van der Waals surface area contributed by atoms with Crippen molar-refractivity contribution in [2.45, 2.75) is 32.4 Å². The Bertz CT molecular complexity index is 520. The molecule has 0 radical (unpaired) electrons. The van der Waals surface area contributed by atoms with Crippen LogP contribution in [0.3, 0.4) is 0 Å². The van der Waals surface area contributed by atoms with Crippen molar-refractivity contribution in [2.24, 2.45) is 0 Å². The van der Waals surface area contributed by atoms with Crippen LogP contribution >= 0.6 is 0 Å². The quantitative estimate of drug-likeness (QED) is 0.710. The van der Waals surface area contributed by atoms with Gasteiger partial charge in [0.05, 0.1) is 11.3 Å². The van der Waals surface area contributed by atoms with Gasteiger partial charge in [0.15, 0.2) is 0 Å². The molecule has 0 fully saturated rings. The van der Waals surface area contributed by atoms with Gasteiger partial charge in [-0.15, -0.1) is 0 Å². The van der Waals surface area contributed by atoms with E-state index in [1.165, 1.54) is 11.6 Å². The second-order valence-electron chi connectivity index (χ2n) is 5.76. The number of hydrogen-bond acceptors (Lipinski definition) is 1. The second kappa shape index (κ2) is 4.93. The Morgan fingerprint density at radius 1 is 0.800 bits per heavy atom. The van der Waals surface area contributed by atoms with Crippen LogP contribution in [-0.4, -0.2) is 4.98 Å². The third-order valence-corrected chi connectivity index (χ3v) is 3.14. The van der Waals surface area contributed by atoms with E-state index >= 15 is 0 Å². The molecule has 20 heavy (non-hydrogen) atoms. The van der Waals surface area contributed by atoms with E-state index in [1.807, 2.05) is 24.3 Å². The number of hydrogen-bond donors (Lipinski definition) is 0. The van der Waals surface area contributed by atoms with Crippen molar-refractivity contribution in [1.82, 2.24) is 4.98 Å². The van der Waals surface area contributed by atoms with Gasteiger partial charge in [-0.2, -0.15) is 13.2 Å². The smallest absolute Gasteiger partial charge is 0.256 e. The standard InChI is InChI=1S/C16H16F3N/c1-15(2,3)12-6-4-11(5-7-12)14-9-8-13(10-20-14)16(17,18)19/h4-10H,1-3H3. The number of aromatic nitrogens is 1. The van der Waals surface area contributed by atoms with E-state index in [9.17, 15) is 13.2 Å². The molecule has 4 heteroatoms. The Morgan fingerprint density at radius 2 is 1.35 bits per heavy atom. The van der Waals surface area contributed by atoms with Gasteiger partial charge in [0.2, 0.25) is 0 Å². The lowest BCUT2D eigenvalue weighted by Gasteiger charge is -2.19. The second-order valence-corrected chi connectivity index (χ2v) is 5.76. The van der Waals surface area contributed by atoms with E-state index in [0.717, 1.165) is 17.8 Å². The topological polar surface area (TPSA) is 12.9 Å². The van der Waals surface area contributed by atoms with Crippen LogP contribution in [0.25, 0.3) is 11.3 Å². The molecule has 0 bridgehead atoms. The van der Waals surface area contributed by atoms with Gasteiger partial charge >= 0.3 is 6.18 Å². The molecular formula is C16H16F3N. The molecule has 0 aliphatic rings. The minimum Gasteiger partial charge on any atom is -0.256 e. The highest BCUT2D eigenvalue weighted by molar-refractivity contribution is 5.59. The van der Waals surface area contributed by atoms with E-state index in [2.05, 4.69) is 25.8 Å². The third kappa shape index (κ3) is 3.18. The molecule has 0 atom stereocenters. The van der Waals surface area contributed by atoms with Gasteiger partial charge in [-0.1, -0.05) is 45.0 Å². The number of halogens is 3. The van der Waals surface area contributed by atoms with Crippen LogP contribution in [0, 0.1) is 0 Å². The third-order valence-electron chi connectivity index (χ3n) is 3.14. The summed E-state index contributed by atoms with van der Waals surface area (Å²) in [4.78, 5) is 3.89. The summed E-state index contributed by atoms with van der Waals surface area (Å²) in [6.07, 6.45) is -3.48. The van der Waals surface area contributed by atoms with E-state index in [1.54, 1.807) is 0 Å². The number of alkyl halides is 3. The first-order valence-electron chi connectivity index (χ1n) is 6.32. The lowest BCUT2D eigenvalue weighted by atomic mass is 9.86. The van der Waals surface area contributed by atoms with Crippen LogP contribution in [-0.2, 0) is 11.6 Å². The number of pyridine rings is 1. The first-order valence-corrected chi connectivity index (χ1v) is 6.32. The molecule has 1 nitrogen and oxygen atoms in total. The van der Waals surface area contributed by atoms with Gasteiger partial charge in [-0.05, 0) is 23.1 Å². The van der Waals surface area contributed by atoms with E-state index in [0.29, 0.717) is 5.69 Å². The van der Waals surface area contributed by atoms with Crippen molar-refractivity contribution >= 4 is 0 Å². The van der Waals surface area contributed by atoms with Crippen LogP contribution in [0.2, 0.25) is 0 Å². The van der Waals surface area contributed by atoms with Crippen molar-refractivity contribution in [3.63, 3.8) is 0 Å². The number of nitrogens with zero attached hydrogens (tertiary/aromatic N) is 1. The average molecular weight is 279 g/mol. The van der Waals surface area contributed by atoms with E-state index in [-0.39, 0.29) is 5.41 Å². The van der Waals surface area contributed by atoms with Gasteiger partial charge in [-0.25, -0.2) is 0 Å². The summed E-state index contributed by atoms with van der Waals surface area (Å²) in [6.45, 7) is 6.33. The molecule has 0 aliphatic heterocycles. The Balaban J connectivity index is 2.29. The summed E-state index contributed by atoms with van der Waals surface area (Å²) in [5.74, 6) is 0. The molecule has 2 rings (SSSR count). The van der Waals surface area contributed by atoms with Gasteiger partial charge in [0, 0.05) is 11.8 Å². The van der Waals surface area contributed by atoms with Crippen LogP contribution in [0.4, 0.5) is 13.2 Å². The summed E-state index contributed by atoms with van der Waals surface area (Å²) in [5, 5.41) is 0. The zero-order chi connectivity index (χ0) is 15.0. The maximum absolute atomic E-state index is 12.5. The Hall–Kier alpha value is -1.84. The Morgan fingerprint density at radius 3 is 1.75 bits per heavy atom. The van der Waals surface area contributed by atoms with Crippen LogP contribution in [0.5, 0.6) is 0 Å². The van der Waals surface area contributed by atoms with Crippen molar-refractivity contribution in [3.05, 3.63) is 53.7 Å². The van der Waals surface area contributed by atoms with Gasteiger partial charge in [-0.3, -0.25) is 4.98 Å². The highest BCUT2D eigenvalue weighted by Crippen LogP contribution is 2.30. The van der Waals surface area contributed by atoms with E-state index < -0.39 is 11.7 Å². The molecule has 0 saturated heterocycles. The first kappa shape index (κ1) is 14.6. The van der Waals surface area contributed by atoms with Gasteiger partial charge in [0.25, 0.3) is 0 Å². The number of benzene rings is 1.